The van der Waals surface area contributed by atoms with Gasteiger partial charge in [-0.15, -0.1) is 0 Å². The van der Waals surface area contributed by atoms with Crippen molar-refractivity contribution in [2.45, 2.75) is 32.8 Å². The number of nitrogens with two attached hydrogens (primary N) is 1. The second-order valence-corrected chi connectivity index (χ2v) is 3.42. The second kappa shape index (κ2) is 3.72. The zero-order valence-electron chi connectivity index (χ0n) is 7.21. The molecule has 1 heterocycles. The summed E-state index contributed by atoms with van der Waals surface area (Å²) in [5, 5.41) is 3.96. The minimum Gasteiger partial charge on any atom is -0.391 e. The van der Waals surface area contributed by atoms with Crippen molar-refractivity contribution in [1.29, 1.82) is 0 Å². The number of hydrogen-bond acceptors (Lipinski definition) is 3. The highest BCUT2D eigenvalue weighted by molar-refractivity contribution is 5.85. The topological polar surface area (TPSA) is 47.6 Å². The maximum Gasteiger partial charge on any atom is 0.145 e. The molecule has 0 fully saturated rings. The Bertz CT molecular complexity index is 154. The van der Waals surface area contributed by atoms with Crippen LogP contribution in [-0.2, 0) is 4.84 Å². The molecule has 0 amide bonds. The van der Waals surface area contributed by atoms with Crippen LogP contribution in [0.4, 0.5) is 0 Å². The van der Waals surface area contributed by atoms with E-state index in [1.807, 2.05) is 0 Å². The largest absolute Gasteiger partial charge is 0.391 e. The molecule has 1 unspecified atom stereocenters. The van der Waals surface area contributed by atoms with Crippen LogP contribution in [0.25, 0.3) is 0 Å². The van der Waals surface area contributed by atoms with Gasteiger partial charge >= 0.3 is 0 Å². The molecule has 0 saturated carbocycles. The number of oxime groups is 1. The van der Waals surface area contributed by atoms with E-state index in [-0.39, 0.29) is 6.10 Å². The van der Waals surface area contributed by atoms with Crippen LogP contribution in [0.2, 0.25) is 0 Å². The quantitative estimate of drug-likeness (QED) is 0.666. The molecule has 0 spiro atoms. The summed E-state index contributed by atoms with van der Waals surface area (Å²) in [6.45, 7) is 4.93. The molecule has 3 heteroatoms. The molecule has 11 heavy (non-hydrogen) atoms. The number of nitrogens with zero attached hydrogens (tertiary/aromatic N) is 1. The van der Waals surface area contributed by atoms with Crippen molar-refractivity contribution >= 4 is 5.71 Å². The summed E-state index contributed by atoms with van der Waals surface area (Å²) < 4.78 is 0. The van der Waals surface area contributed by atoms with E-state index >= 15 is 0 Å². The summed E-state index contributed by atoms with van der Waals surface area (Å²) in [4.78, 5) is 5.08. The molecule has 1 rings (SSSR count). The van der Waals surface area contributed by atoms with Crippen LogP contribution in [0.1, 0.15) is 26.7 Å². The molecule has 1 aliphatic rings. The van der Waals surface area contributed by atoms with E-state index in [0.29, 0.717) is 12.5 Å². The molecule has 64 valence electrons. The molecule has 0 aromatic heterocycles. The first-order valence-electron chi connectivity index (χ1n) is 4.14. The fraction of sp³-hybridized carbons (Fsp3) is 0.875. The van der Waals surface area contributed by atoms with E-state index < -0.39 is 0 Å². The second-order valence-electron chi connectivity index (χ2n) is 3.42. The minimum atomic E-state index is 0.142. The molecule has 2 N–H and O–H groups in total. The molecular weight excluding hydrogens is 140 g/mol. The smallest absolute Gasteiger partial charge is 0.145 e. The van der Waals surface area contributed by atoms with E-state index in [4.69, 9.17) is 10.6 Å². The minimum absolute atomic E-state index is 0.142. The summed E-state index contributed by atoms with van der Waals surface area (Å²) in [5.41, 5.74) is 6.59. The maximum absolute atomic E-state index is 5.43. The lowest BCUT2D eigenvalue weighted by Gasteiger charge is -2.03. The summed E-state index contributed by atoms with van der Waals surface area (Å²) in [7, 11) is 0. The van der Waals surface area contributed by atoms with Crippen LogP contribution in [-0.4, -0.2) is 18.4 Å². The number of rotatable bonds is 3. The Labute approximate surface area is 67.6 Å². The van der Waals surface area contributed by atoms with Gasteiger partial charge in [0.25, 0.3) is 0 Å². The van der Waals surface area contributed by atoms with Gasteiger partial charge in [0.15, 0.2) is 0 Å². The molecular formula is C8H16N2O. The summed E-state index contributed by atoms with van der Waals surface area (Å²) in [6.07, 6.45) is 2.11. The summed E-state index contributed by atoms with van der Waals surface area (Å²) in [5.74, 6) is 0.661. The van der Waals surface area contributed by atoms with Crippen molar-refractivity contribution in [2.75, 3.05) is 6.54 Å². The normalized spacial score (nSPS) is 23.6. The van der Waals surface area contributed by atoms with Gasteiger partial charge in [-0.2, -0.15) is 0 Å². The van der Waals surface area contributed by atoms with Crippen molar-refractivity contribution < 1.29 is 4.84 Å². The van der Waals surface area contributed by atoms with Gasteiger partial charge in [0.1, 0.15) is 6.10 Å². The lowest BCUT2D eigenvalue weighted by Crippen LogP contribution is -2.20. The van der Waals surface area contributed by atoms with Gasteiger partial charge in [0.2, 0.25) is 0 Å². The predicted molar refractivity (Wildman–Crippen MR) is 45.4 cm³/mol. The van der Waals surface area contributed by atoms with Gasteiger partial charge in [-0.1, -0.05) is 19.0 Å². The van der Waals surface area contributed by atoms with Gasteiger partial charge in [0, 0.05) is 13.0 Å². The fourth-order valence-electron chi connectivity index (χ4n) is 1.20. The molecule has 3 nitrogen and oxygen atoms in total. The molecule has 0 aromatic rings. The van der Waals surface area contributed by atoms with Gasteiger partial charge in [-0.05, 0) is 12.3 Å². The lowest BCUT2D eigenvalue weighted by molar-refractivity contribution is 0.0918. The average molecular weight is 156 g/mol. The molecule has 1 aliphatic heterocycles. The van der Waals surface area contributed by atoms with Crippen LogP contribution in [0.5, 0.6) is 0 Å². The highest BCUT2D eigenvalue weighted by Crippen LogP contribution is 2.14. The summed E-state index contributed by atoms with van der Waals surface area (Å²) in [6, 6.07) is 0. The first kappa shape index (κ1) is 8.53. The Morgan fingerprint density at radius 3 is 2.91 bits per heavy atom. The zero-order valence-corrected chi connectivity index (χ0v) is 7.21. The van der Waals surface area contributed by atoms with E-state index in [9.17, 15) is 0 Å². The average Bonchev–Trinajstić information content (AvgIpc) is 2.34. The SMILES string of the molecule is CC(C)CC1=NOC(CN)C1. The van der Waals surface area contributed by atoms with Crippen LogP contribution in [0.3, 0.4) is 0 Å². The third-order valence-electron chi connectivity index (χ3n) is 1.70. The van der Waals surface area contributed by atoms with Crippen molar-refractivity contribution in [3.8, 4) is 0 Å². The van der Waals surface area contributed by atoms with Gasteiger partial charge in [-0.25, -0.2) is 0 Å². The van der Waals surface area contributed by atoms with E-state index in [1.54, 1.807) is 0 Å². The molecule has 0 bridgehead atoms. The van der Waals surface area contributed by atoms with Crippen LogP contribution < -0.4 is 5.73 Å². The van der Waals surface area contributed by atoms with E-state index in [1.165, 1.54) is 0 Å². The van der Waals surface area contributed by atoms with Crippen molar-refractivity contribution in [3.05, 3.63) is 0 Å². The molecule has 0 aliphatic carbocycles. The molecule has 1 atom stereocenters. The monoisotopic (exact) mass is 156 g/mol. The Morgan fingerprint density at radius 2 is 2.45 bits per heavy atom. The highest BCUT2D eigenvalue weighted by Gasteiger charge is 2.19. The lowest BCUT2D eigenvalue weighted by atomic mass is 10.0. The standard InChI is InChI=1S/C8H16N2O/c1-6(2)3-7-4-8(5-9)11-10-7/h6,8H,3-5,9H2,1-2H3. The zero-order chi connectivity index (χ0) is 8.27. The van der Waals surface area contributed by atoms with Gasteiger partial charge in [-0.3, -0.25) is 0 Å². The highest BCUT2D eigenvalue weighted by atomic mass is 16.6. The van der Waals surface area contributed by atoms with Gasteiger partial charge in [0.05, 0.1) is 5.71 Å². The third-order valence-corrected chi connectivity index (χ3v) is 1.70. The van der Waals surface area contributed by atoms with Crippen LogP contribution in [0.15, 0.2) is 5.16 Å². The summed E-state index contributed by atoms with van der Waals surface area (Å²) >= 11 is 0. The predicted octanol–water partition coefficient (Wildman–Crippen LogP) is 1.14. The van der Waals surface area contributed by atoms with Crippen molar-refractivity contribution in [2.24, 2.45) is 16.8 Å². The van der Waals surface area contributed by atoms with E-state index in [2.05, 4.69) is 19.0 Å². The molecule has 0 saturated heterocycles. The Balaban J connectivity index is 2.28. The third kappa shape index (κ3) is 2.50. The van der Waals surface area contributed by atoms with Crippen molar-refractivity contribution in [1.82, 2.24) is 0 Å². The Morgan fingerprint density at radius 1 is 1.73 bits per heavy atom. The molecule has 0 aromatic carbocycles. The van der Waals surface area contributed by atoms with Gasteiger partial charge < -0.3 is 10.6 Å². The van der Waals surface area contributed by atoms with Crippen molar-refractivity contribution in [3.63, 3.8) is 0 Å². The molecule has 0 radical (unpaired) electrons. The van der Waals surface area contributed by atoms with Crippen LogP contribution in [0, 0.1) is 5.92 Å². The Hall–Kier alpha value is -0.570. The first-order valence-corrected chi connectivity index (χ1v) is 4.14. The number of hydrogen-bond donors (Lipinski definition) is 1. The van der Waals surface area contributed by atoms with Crippen LogP contribution >= 0.6 is 0 Å². The fourth-order valence-corrected chi connectivity index (χ4v) is 1.20. The van der Waals surface area contributed by atoms with E-state index in [0.717, 1.165) is 18.6 Å². The first-order chi connectivity index (χ1) is 5.22. The maximum atomic E-state index is 5.43. The Kier molecular flexibility index (Phi) is 2.88.